The number of hydrogen-bond acceptors (Lipinski definition) is 6. The summed E-state index contributed by atoms with van der Waals surface area (Å²) in [6.07, 6.45) is 4.17. The Kier molecular flexibility index (Phi) is 5.07. The Morgan fingerprint density at radius 2 is 1.97 bits per heavy atom. The molecule has 3 N–H and O–H groups in total. The SMILES string of the molecule is CS(=O)(=O)OC12CNCC1C2c1c(F)cc(NC(=O)Nc2cccc3cnccc23)cc1F. The Labute approximate surface area is 188 Å². The van der Waals surface area contributed by atoms with E-state index in [0.717, 1.165) is 29.2 Å². The average Bonchev–Trinajstić information content (AvgIpc) is 3.09. The molecule has 0 spiro atoms. The van der Waals surface area contributed by atoms with Crippen LogP contribution in [0.4, 0.5) is 25.0 Å². The minimum Gasteiger partial charge on any atom is -0.313 e. The fourth-order valence-electron chi connectivity index (χ4n) is 4.79. The lowest BCUT2D eigenvalue weighted by Crippen LogP contribution is -2.30. The average molecular weight is 474 g/mol. The molecule has 5 rings (SSSR count). The Balaban J connectivity index is 1.36. The molecular weight excluding hydrogens is 454 g/mol. The van der Waals surface area contributed by atoms with E-state index < -0.39 is 39.3 Å². The topological polar surface area (TPSA) is 109 Å². The predicted molar refractivity (Wildman–Crippen MR) is 119 cm³/mol. The number of carbonyl (C=O) groups excluding carboxylic acids is 1. The molecule has 11 heteroatoms. The molecule has 1 aromatic heterocycles. The summed E-state index contributed by atoms with van der Waals surface area (Å²) < 4.78 is 58.5. The molecule has 2 aliphatic rings. The first-order chi connectivity index (χ1) is 15.7. The molecule has 33 heavy (non-hydrogen) atoms. The molecule has 1 aliphatic carbocycles. The second kappa shape index (κ2) is 7.72. The molecule has 0 bridgehead atoms. The molecule has 3 unspecified atom stereocenters. The normalized spacial score (nSPS) is 23.8. The van der Waals surface area contributed by atoms with Gasteiger partial charge >= 0.3 is 6.03 Å². The van der Waals surface area contributed by atoms with Crippen LogP contribution in [-0.4, -0.2) is 44.4 Å². The van der Waals surface area contributed by atoms with Crippen LogP contribution in [0.1, 0.15) is 11.5 Å². The van der Waals surface area contributed by atoms with E-state index in [0.29, 0.717) is 12.2 Å². The van der Waals surface area contributed by atoms with Gasteiger partial charge in [-0.05, 0) is 24.3 Å². The maximum absolute atomic E-state index is 15.0. The second-order valence-corrected chi connectivity index (χ2v) is 9.87. The molecule has 3 atom stereocenters. The number of aromatic nitrogens is 1. The van der Waals surface area contributed by atoms with E-state index in [-0.39, 0.29) is 23.7 Å². The molecule has 1 saturated carbocycles. The van der Waals surface area contributed by atoms with E-state index in [4.69, 9.17) is 4.18 Å². The zero-order valence-electron chi connectivity index (χ0n) is 17.4. The minimum absolute atomic E-state index is 0.0739. The molecule has 3 aromatic rings. The van der Waals surface area contributed by atoms with Crippen molar-refractivity contribution >= 4 is 38.3 Å². The first-order valence-corrected chi connectivity index (χ1v) is 12.0. The van der Waals surface area contributed by atoms with Gasteiger partial charge in [0.15, 0.2) is 0 Å². The number of amides is 2. The van der Waals surface area contributed by atoms with Gasteiger partial charge < -0.3 is 16.0 Å². The van der Waals surface area contributed by atoms with Crippen molar-refractivity contribution in [3.8, 4) is 0 Å². The third-order valence-electron chi connectivity index (χ3n) is 6.10. The van der Waals surface area contributed by atoms with E-state index in [9.17, 15) is 22.0 Å². The number of benzene rings is 2. The fraction of sp³-hybridized carbons (Fsp3) is 0.273. The quantitative estimate of drug-likeness (QED) is 0.490. The number of nitrogens with one attached hydrogen (secondary N) is 3. The predicted octanol–water partition coefficient (Wildman–Crippen LogP) is 3.19. The Morgan fingerprint density at radius 3 is 2.70 bits per heavy atom. The van der Waals surface area contributed by atoms with Crippen molar-refractivity contribution in [1.29, 1.82) is 0 Å². The summed E-state index contributed by atoms with van der Waals surface area (Å²) in [4.78, 5) is 16.5. The van der Waals surface area contributed by atoms with Gasteiger partial charge in [0.25, 0.3) is 10.1 Å². The van der Waals surface area contributed by atoms with Crippen molar-refractivity contribution < 1.29 is 26.2 Å². The van der Waals surface area contributed by atoms with Gasteiger partial charge in [0.2, 0.25) is 0 Å². The van der Waals surface area contributed by atoms with Crippen LogP contribution in [0.2, 0.25) is 0 Å². The molecule has 2 amide bonds. The third kappa shape index (κ3) is 3.92. The molecule has 172 valence electrons. The zero-order valence-corrected chi connectivity index (χ0v) is 18.2. The van der Waals surface area contributed by atoms with Crippen LogP contribution < -0.4 is 16.0 Å². The van der Waals surface area contributed by atoms with Crippen LogP contribution in [0.25, 0.3) is 10.8 Å². The van der Waals surface area contributed by atoms with Gasteiger partial charge in [-0.25, -0.2) is 13.6 Å². The zero-order chi connectivity index (χ0) is 23.4. The van der Waals surface area contributed by atoms with Crippen LogP contribution in [0, 0.1) is 17.6 Å². The molecule has 2 aromatic carbocycles. The lowest BCUT2D eigenvalue weighted by atomic mass is 10.0. The molecular formula is C22H20F2N4O4S. The first kappa shape index (κ1) is 21.7. The van der Waals surface area contributed by atoms with E-state index in [2.05, 4.69) is 20.9 Å². The van der Waals surface area contributed by atoms with Crippen molar-refractivity contribution in [2.45, 2.75) is 11.5 Å². The van der Waals surface area contributed by atoms with Crippen molar-refractivity contribution in [3.63, 3.8) is 0 Å². The molecule has 0 radical (unpaired) electrons. The summed E-state index contributed by atoms with van der Waals surface area (Å²) in [5.41, 5.74) is -0.985. The number of anilines is 2. The van der Waals surface area contributed by atoms with E-state index in [1.165, 1.54) is 0 Å². The van der Waals surface area contributed by atoms with Gasteiger partial charge in [0.1, 0.15) is 17.2 Å². The van der Waals surface area contributed by atoms with E-state index >= 15 is 0 Å². The first-order valence-electron chi connectivity index (χ1n) is 10.2. The van der Waals surface area contributed by atoms with Gasteiger partial charge in [-0.3, -0.25) is 9.17 Å². The highest BCUT2D eigenvalue weighted by atomic mass is 32.2. The van der Waals surface area contributed by atoms with Crippen LogP contribution in [0.15, 0.2) is 48.8 Å². The summed E-state index contributed by atoms with van der Waals surface area (Å²) in [5.74, 6) is -2.85. The maximum atomic E-state index is 15.0. The maximum Gasteiger partial charge on any atom is 0.323 e. The largest absolute Gasteiger partial charge is 0.323 e. The van der Waals surface area contributed by atoms with Gasteiger partial charge in [-0.1, -0.05) is 12.1 Å². The number of piperidine rings is 1. The number of rotatable bonds is 5. The number of fused-ring (bicyclic) bond motifs is 2. The van der Waals surface area contributed by atoms with Gasteiger partial charge in [0.05, 0.1) is 11.9 Å². The lowest BCUT2D eigenvalue weighted by molar-refractivity contribution is 0.186. The molecule has 2 heterocycles. The van der Waals surface area contributed by atoms with Gasteiger partial charge in [-0.15, -0.1) is 0 Å². The molecule has 8 nitrogen and oxygen atoms in total. The Hall–Kier alpha value is -3.15. The number of pyridine rings is 1. The Bertz CT molecular complexity index is 1360. The summed E-state index contributed by atoms with van der Waals surface area (Å²) in [6, 6.07) is 8.40. The van der Waals surface area contributed by atoms with Crippen LogP contribution in [-0.2, 0) is 14.3 Å². The van der Waals surface area contributed by atoms with Crippen molar-refractivity contribution in [2.75, 3.05) is 30.0 Å². The third-order valence-corrected chi connectivity index (χ3v) is 6.71. The highest BCUT2D eigenvalue weighted by Gasteiger charge is 2.71. The fourth-order valence-corrected chi connectivity index (χ4v) is 5.64. The monoisotopic (exact) mass is 474 g/mol. The van der Waals surface area contributed by atoms with Gasteiger partial charge in [0, 0.05) is 59.3 Å². The highest BCUT2D eigenvalue weighted by Crippen LogP contribution is 2.63. The number of hydrogen-bond donors (Lipinski definition) is 3. The standard InChI is InChI=1S/C22H20F2N4O4S/c1-33(30,31)32-22-11-26-10-15(22)20(22)19-16(23)7-13(8-17(19)24)27-21(29)28-18-4-2-3-12-9-25-6-5-14(12)18/h2-9,15,20,26H,10-11H2,1H3,(H2,27,28,29). The van der Waals surface area contributed by atoms with Crippen LogP contribution in [0.5, 0.6) is 0 Å². The second-order valence-electron chi connectivity index (χ2n) is 8.29. The van der Waals surface area contributed by atoms with Crippen LogP contribution >= 0.6 is 0 Å². The molecule has 1 aliphatic heterocycles. The summed E-state index contributed by atoms with van der Waals surface area (Å²) in [5, 5.41) is 9.69. The van der Waals surface area contributed by atoms with Crippen molar-refractivity contribution in [3.05, 3.63) is 66.0 Å². The van der Waals surface area contributed by atoms with E-state index in [1.807, 2.05) is 6.07 Å². The van der Waals surface area contributed by atoms with Crippen LogP contribution in [0.3, 0.4) is 0 Å². The summed E-state index contributed by atoms with van der Waals surface area (Å²) >= 11 is 0. The van der Waals surface area contributed by atoms with Crippen molar-refractivity contribution in [2.24, 2.45) is 5.92 Å². The van der Waals surface area contributed by atoms with Gasteiger partial charge in [-0.2, -0.15) is 8.42 Å². The number of halogens is 2. The Morgan fingerprint density at radius 1 is 1.21 bits per heavy atom. The van der Waals surface area contributed by atoms with E-state index in [1.54, 1.807) is 30.6 Å². The number of carbonyl (C=O) groups is 1. The number of urea groups is 1. The smallest absolute Gasteiger partial charge is 0.313 e. The summed E-state index contributed by atoms with van der Waals surface area (Å²) in [6.45, 7) is 0.569. The summed E-state index contributed by atoms with van der Waals surface area (Å²) in [7, 11) is -3.81. The molecule has 1 saturated heterocycles. The van der Waals surface area contributed by atoms with Crippen molar-refractivity contribution in [1.82, 2.24) is 10.3 Å². The highest BCUT2D eigenvalue weighted by molar-refractivity contribution is 7.86. The lowest BCUT2D eigenvalue weighted by Gasteiger charge is -2.17. The number of nitrogens with zero attached hydrogens (tertiary/aromatic N) is 1. The minimum atomic E-state index is -3.81. The molecule has 2 fully saturated rings.